The van der Waals surface area contributed by atoms with Crippen LogP contribution in [-0.4, -0.2) is 0 Å². The smallest absolute Gasteiger partial charge is 0.0880 e. The molecule has 0 aliphatic rings. The highest BCUT2D eigenvalue weighted by Gasteiger charge is 2.33. The Bertz CT molecular complexity index is 693. The molecule has 0 fully saturated rings. The van der Waals surface area contributed by atoms with E-state index in [-0.39, 0.29) is 0 Å². The van der Waals surface area contributed by atoms with Crippen molar-refractivity contribution in [3.63, 3.8) is 0 Å². The zero-order chi connectivity index (χ0) is 15.4. The molecule has 0 unspecified atom stereocenters. The maximum absolute atomic E-state index is 5.21. The maximum Gasteiger partial charge on any atom is 0.0880 e. The molecule has 110 valence electrons. The van der Waals surface area contributed by atoms with Crippen LogP contribution in [0.5, 0.6) is 0 Å². The molecule has 0 N–H and O–H groups in total. The molecule has 0 saturated carbocycles. The molecule has 3 rings (SSSR count). The first kappa shape index (κ1) is 14.9. The Labute approximate surface area is 138 Å². The first-order valence-electron chi connectivity index (χ1n) is 7.68. The van der Waals surface area contributed by atoms with Crippen LogP contribution in [0.2, 0.25) is 0 Å². The summed E-state index contributed by atoms with van der Waals surface area (Å²) in [6.07, 6.45) is 0.998. The van der Waals surface area contributed by atoms with Crippen molar-refractivity contribution in [2.45, 2.75) is 18.1 Å². The average Bonchev–Trinajstić information content (AvgIpc) is 2.62. The van der Waals surface area contributed by atoms with E-state index in [1.165, 1.54) is 22.3 Å². The van der Waals surface area contributed by atoms with Crippen LogP contribution < -0.4 is 0 Å². The first-order valence-corrected chi connectivity index (χ1v) is 8.13. The van der Waals surface area contributed by atoms with Gasteiger partial charge in [0.15, 0.2) is 0 Å². The standard InChI is InChI=1S/C21H20S/c1-2-17-11-9-10-16-20(17)21(22,18-12-5-3-6-13-18)19-14-7-4-8-15-19/h3-16,22H,2H2,1H3. The van der Waals surface area contributed by atoms with Crippen molar-refractivity contribution in [3.05, 3.63) is 107 Å². The molecule has 0 amide bonds. The van der Waals surface area contributed by atoms with Crippen molar-refractivity contribution in [2.24, 2.45) is 0 Å². The van der Waals surface area contributed by atoms with Crippen LogP contribution >= 0.6 is 12.6 Å². The van der Waals surface area contributed by atoms with E-state index in [0.717, 1.165) is 6.42 Å². The predicted molar refractivity (Wildman–Crippen MR) is 97.6 cm³/mol. The van der Waals surface area contributed by atoms with Gasteiger partial charge in [-0.05, 0) is 28.7 Å². The minimum atomic E-state index is -0.435. The van der Waals surface area contributed by atoms with E-state index in [0.29, 0.717) is 0 Å². The summed E-state index contributed by atoms with van der Waals surface area (Å²) in [6.45, 7) is 2.20. The second kappa shape index (κ2) is 6.41. The minimum absolute atomic E-state index is 0.435. The molecule has 0 aliphatic heterocycles. The lowest BCUT2D eigenvalue weighted by Crippen LogP contribution is -2.24. The molecule has 0 aliphatic carbocycles. The molecule has 0 aromatic heterocycles. The molecule has 0 saturated heterocycles. The van der Waals surface area contributed by atoms with Gasteiger partial charge in [0.05, 0.1) is 4.75 Å². The molecule has 3 aromatic carbocycles. The Hall–Kier alpha value is -1.99. The van der Waals surface area contributed by atoms with Gasteiger partial charge in [0.1, 0.15) is 0 Å². The maximum atomic E-state index is 5.21. The van der Waals surface area contributed by atoms with Crippen LogP contribution in [0, 0.1) is 0 Å². The molecule has 3 aromatic rings. The lowest BCUT2D eigenvalue weighted by atomic mass is 9.81. The van der Waals surface area contributed by atoms with Gasteiger partial charge in [0.25, 0.3) is 0 Å². The zero-order valence-electron chi connectivity index (χ0n) is 12.7. The van der Waals surface area contributed by atoms with Crippen LogP contribution in [-0.2, 0) is 11.2 Å². The van der Waals surface area contributed by atoms with E-state index in [9.17, 15) is 0 Å². The van der Waals surface area contributed by atoms with Gasteiger partial charge >= 0.3 is 0 Å². The van der Waals surface area contributed by atoms with Crippen molar-refractivity contribution < 1.29 is 0 Å². The summed E-state index contributed by atoms with van der Waals surface area (Å²) >= 11 is 5.21. The topological polar surface area (TPSA) is 0 Å². The number of hydrogen-bond acceptors (Lipinski definition) is 1. The van der Waals surface area contributed by atoms with Crippen molar-refractivity contribution >= 4 is 12.6 Å². The largest absolute Gasteiger partial charge is 0.158 e. The van der Waals surface area contributed by atoms with Crippen molar-refractivity contribution in [3.8, 4) is 0 Å². The molecular weight excluding hydrogens is 284 g/mol. The molecule has 1 heteroatoms. The van der Waals surface area contributed by atoms with E-state index in [4.69, 9.17) is 12.6 Å². The minimum Gasteiger partial charge on any atom is -0.158 e. The number of aryl methyl sites for hydroxylation is 1. The molecule has 0 atom stereocenters. The first-order chi connectivity index (χ1) is 10.8. The second-order valence-corrected chi connectivity index (χ2v) is 6.12. The van der Waals surface area contributed by atoms with Crippen molar-refractivity contribution in [2.75, 3.05) is 0 Å². The third kappa shape index (κ3) is 2.57. The van der Waals surface area contributed by atoms with Crippen LogP contribution in [0.25, 0.3) is 0 Å². The van der Waals surface area contributed by atoms with Gasteiger partial charge in [0.2, 0.25) is 0 Å². The Kier molecular flexibility index (Phi) is 4.35. The van der Waals surface area contributed by atoms with Crippen LogP contribution in [0.3, 0.4) is 0 Å². The van der Waals surface area contributed by atoms with Gasteiger partial charge < -0.3 is 0 Å². The summed E-state index contributed by atoms with van der Waals surface area (Å²) < 4.78 is -0.435. The Balaban J connectivity index is 2.29. The molecule has 0 nitrogen and oxygen atoms in total. The monoisotopic (exact) mass is 304 g/mol. The van der Waals surface area contributed by atoms with Gasteiger partial charge in [-0.25, -0.2) is 0 Å². The Morgan fingerprint density at radius 2 is 1.14 bits per heavy atom. The van der Waals surface area contributed by atoms with Gasteiger partial charge in [-0.15, -0.1) is 0 Å². The van der Waals surface area contributed by atoms with E-state index in [2.05, 4.69) is 91.9 Å². The highest BCUT2D eigenvalue weighted by Crippen LogP contribution is 2.43. The third-order valence-electron chi connectivity index (χ3n) is 4.17. The lowest BCUT2D eigenvalue weighted by molar-refractivity contribution is 0.877. The fraction of sp³-hybridized carbons (Fsp3) is 0.143. The zero-order valence-corrected chi connectivity index (χ0v) is 13.6. The average molecular weight is 304 g/mol. The van der Waals surface area contributed by atoms with Gasteiger partial charge in [0, 0.05) is 0 Å². The Morgan fingerprint density at radius 1 is 0.682 bits per heavy atom. The molecular formula is C21H20S. The van der Waals surface area contributed by atoms with E-state index in [1.807, 2.05) is 0 Å². The molecule has 0 bridgehead atoms. The summed E-state index contributed by atoms with van der Waals surface area (Å²) in [5, 5.41) is 0. The van der Waals surface area contributed by atoms with E-state index >= 15 is 0 Å². The van der Waals surface area contributed by atoms with Crippen LogP contribution in [0.1, 0.15) is 29.2 Å². The SMILES string of the molecule is CCc1ccccc1C(S)(c1ccccc1)c1ccccc1. The van der Waals surface area contributed by atoms with Gasteiger partial charge in [-0.2, -0.15) is 12.6 Å². The summed E-state index contributed by atoms with van der Waals surface area (Å²) in [7, 11) is 0. The molecule has 22 heavy (non-hydrogen) atoms. The van der Waals surface area contributed by atoms with Gasteiger partial charge in [-0.1, -0.05) is 91.9 Å². The quantitative estimate of drug-likeness (QED) is 0.479. The van der Waals surface area contributed by atoms with Crippen molar-refractivity contribution in [1.82, 2.24) is 0 Å². The number of benzene rings is 3. The van der Waals surface area contributed by atoms with Crippen LogP contribution in [0.4, 0.5) is 0 Å². The molecule has 0 heterocycles. The summed E-state index contributed by atoms with van der Waals surface area (Å²) in [5.74, 6) is 0. The highest BCUT2D eigenvalue weighted by atomic mass is 32.1. The Morgan fingerprint density at radius 3 is 1.64 bits per heavy atom. The lowest BCUT2D eigenvalue weighted by Gasteiger charge is -2.32. The number of rotatable bonds is 4. The molecule has 0 spiro atoms. The van der Waals surface area contributed by atoms with E-state index in [1.54, 1.807) is 0 Å². The predicted octanol–water partition coefficient (Wildman–Crippen LogP) is 5.47. The van der Waals surface area contributed by atoms with Crippen LogP contribution in [0.15, 0.2) is 84.9 Å². The molecule has 0 radical (unpaired) electrons. The summed E-state index contributed by atoms with van der Waals surface area (Å²) in [4.78, 5) is 0. The normalized spacial score (nSPS) is 11.4. The number of hydrogen-bond donors (Lipinski definition) is 1. The van der Waals surface area contributed by atoms with E-state index < -0.39 is 4.75 Å². The van der Waals surface area contributed by atoms with Gasteiger partial charge in [-0.3, -0.25) is 0 Å². The van der Waals surface area contributed by atoms with Crippen molar-refractivity contribution in [1.29, 1.82) is 0 Å². The fourth-order valence-electron chi connectivity index (χ4n) is 3.02. The number of thiol groups is 1. The fourth-order valence-corrected chi connectivity index (χ4v) is 3.53. The second-order valence-electron chi connectivity index (χ2n) is 5.45. The third-order valence-corrected chi connectivity index (χ3v) is 4.93. The summed E-state index contributed by atoms with van der Waals surface area (Å²) in [6, 6.07) is 29.7. The highest BCUT2D eigenvalue weighted by molar-refractivity contribution is 7.81. The summed E-state index contributed by atoms with van der Waals surface area (Å²) in [5.41, 5.74) is 5.00.